The SMILES string of the molecule is O=C(NCC1CCN(CC(F)(F)F)CC1)c1ccc2c(c1)OCO2. The van der Waals surface area contributed by atoms with E-state index in [0.717, 1.165) is 0 Å². The number of rotatable bonds is 4. The van der Waals surface area contributed by atoms with Gasteiger partial charge < -0.3 is 14.8 Å². The number of alkyl halides is 3. The Kier molecular flexibility index (Phi) is 4.84. The largest absolute Gasteiger partial charge is 0.454 e. The van der Waals surface area contributed by atoms with Crippen LogP contribution in [0.1, 0.15) is 23.2 Å². The summed E-state index contributed by atoms with van der Waals surface area (Å²) in [7, 11) is 0. The second-order valence-corrected chi connectivity index (χ2v) is 6.11. The predicted molar refractivity (Wildman–Crippen MR) is 80.1 cm³/mol. The van der Waals surface area contributed by atoms with Gasteiger partial charge in [-0.15, -0.1) is 0 Å². The number of benzene rings is 1. The molecule has 0 saturated carbocycles. The van der Waals surface area contributed by atoms with Crippen molar-refractivity contribution < 1.29 is 27.4 Å². The summed E-state index contributed by atoms with van der Waals surface area (Å²) in [5.41, 5.74) is 0.480. The summed E-state index contributed by atoms with van der Waals surface area (Å²) in [4.78, 5) is 13.6. The number of carbonyl (C=O) groups is 1. The van der Waals surface area contributed by atoms with Gasteiger partial charge in [0.2, 0.25) is 6.79 Å². The number of piperidine rings is 1. The van der Waals surface area contributed by atoms with E-state index >= 15 is 0 Å². The summed E-state index contributed by atoms with van der Waals surface area (Å²) in [6, 6.07) is 4.98. The molecule has 0 aromatic heterocycles. The molecule has 2 aliphatic rings. The van der Waals surface area contributed by atoms with Crippen molar-refractivity contribution in [2.45, 2.75) is 19.0 Å². The van der Waals surface area contributed by atoms with Crippen LogP contribution in [0, 0.1) is 5.92 Å². The monoisotopic (exact) mass is 344 g/mol. The Morgan fingerprint density at radius 1 is 1.21 bits per heavy atom. The number of likely N-dealkylation sites (tertiary alicyclic amines) is 1. The average molecular weight is 344 g/mol. The van der Waals surface area contributed by atoms with Crippen LogP contribution in [-0.2, 0) is 0 Å². The molecule has 1 amide bonds. The van der Waals surface area contributed by atoms with Crippen molar-refractivity contribution in [1.82, 2.24) is 10.2 Å². The fourth-order valence-electron chi connectivity index (χ4n) is 2.98. The first-order chi connectivity index (χ1) is 11.4. The topological polar surface area (TPSA) is 50.8 Å². The van der Waals surface area contributed by atoms with Gasteiger partial charge in [0.25, 0.3) is 5.91 Å². The molecule has 1 N–H and O–H groups in total. The maximum absolute atomic E-state index is 12.4. The number of nitrogens with one attached hydrogen (secondary N) is 1. The highest BCUT2D eigenvalue weighted by atomic mass is 19.4. The van der Waals surface area contributed by atoms with Crippen LogP contribution >= 0.6 is 0 Å². The third-order valence-electron chi connectivity index (χ3n) is 4.30. The molecule has 132 valence electrons. The van der Waals surface area contributed by atoms with Crippen molar-refractivity contribution in [3.63, 3.8) is 0 Å². The molecule has 0 spiro atoms. The van der Waals surface area contributed by atoms with Crippen molar-refractivity contribution in [1.29, 1.82) is 0 Å². The molecule has 1 aromatic rings. The average Bonchev–Trinajstić information content (AvgIpc) is 3.00. The number of halogens is 3. The molecular formula is C16H19F3N2O3. The van der Waals surface area contributed by atoms with E-state index < -0.39 is 12.7 Å². The molecule has 1 aromatic carbocycles. The van der Waals surface area contributed by atoms with Crippen LogP contribution in [0.2, 0.25) is 0 Å². The Hall–Kier alpha value is -1.96. The first-order valence-corrected chi connectivity index (χ1v) is 7.88. The van der Waals surface area contributed by atoms with Crippen LogP contribution in [0.4, 0.5) is 13.2 Å². The Bertz CT molecular complexity index is 599. The second kappa shape index (κ2) is 6.88. The number of fused-ring (bicyclic) bond motifs is 1. The third-order valence-corrected chi connectivity index (χ3v) is 4.30. The van der Waals surface area contributed by atoms with Crippen molar-refractivity contribution >= 4 is 5.91 Å². The van der Waals surface area contributed by atoms with Crippen LogP contribution in [0.3, 0.4) is 0 Å². The Balaban J connectivity index is 1.44. The maximum atomic E-state index is 12.4. The lowest BCUT2D eigenvalue weighted by molar-refractivity contribution is -0.148. The fourth-order valence-corrected chi connectivity index (χ4v) is 2.98. The molecule has 2 aliphatic heterocycles. The first-order valence-electron chi connectivity index (χ1n) is 7.88. The van der Waals surface area contributed by atoms with Gasteiger partial charge in [0, 0.05) is 12.1 Å². The molecule has 5 nitrogen and oxygen atoms in total. The highest BCUT2D eigenvalue weighted by Gasteiger charge is 2.32. The number of amides is 1. The molecule has 0 unspecified atom stereocenters. The van der Waals surface area contributed by atoms with Gasteiger partial charge in [-0.3, -0.25) is 9.69 Å². The van der Waals surface area contributed by atoms with Gasteiger partial charge in [0.15, 0.2) is 11.5 Å². The zero-order valence-electron chi connectivity index (χ0n) is 13.1. The summed E-state index contributed by atoms with van der Waals surface area (Å²) in [6.45, 7) is 0.571. The van der Waals surface area contributed by atoms with Crippen LogP contribution < -0.4 is 14.8 Å². The molecule has 3 rings (SSSR count). The van der Waals surface area contributed by atoms with Crippen molar-refractivity contribution in [3.8, 4) is 11.5 Å². The summed E-state index contributed by atoms with van der Waals surface area (Å²) in [5, 5.41) is 2.85. The quantitative estimate of drug-likeness (QED) is 0.911. The minimum absolute atomic E-state index is 0.150. The van der Waals surface area contributed by atoms with Gasteiger partial charge >= 0.3 is 6.18 Å². The van der Waals surface area contributed by atoms with E-state index in [0.29, 0.717) is 49.5 Å². The third kappa shape index (κ3) is 4.31. The van der Waals surface area contributed by atoms with Crippen LogP contribution in [0.5, 0.6) is 11.5 Å². The molecular weight excluding hydrogens is 325 g/mol. The summed E-state index contributed by atoms with van der Waals surface area (Å²) >= 11 is 0. The highest BCUT2D eigenvalue weighted by molar-refractivity contribution is 5.94. The van der Waals surface area contributed by atoms with E-state index in [1.54, 1.807) is 18.2 Å². The van der Waals surface area contributed by atoms with E-state index in [-0.39, 0.29) is 18.6 Å². The van der Waals surface area contributed by atoms with Gasteiger partial charge in [-0.25, -0.2) is 0 Å². The van der Waals surface area contributed by atoms with Gasteiger partial charge in [0.1, 0.15) is 0 Å². The Morgan fingerprint density at radius 3 is 2.62 bits per heavy atom. The smallest absolute Gasteiger partial charge is 0.401 e. The van der Waals surface area contributed by atoms with Crippen molar-refractivity contribution in [3.05, 3.63) is 23.8 Å². The van der Waals surface area contributed by atoms with Crippen LogP contribution in [0.25, 0.3) is 0 Å². The van der Waals surface area contributed by atoms with E-state index in [4.69, 9.17) is 9.47 Å². The minimum atomic E-state index is -4.15. The fraction of sp³-hybridized carbons (Fsp3) is 0.562. The lowest BCUT2D eigenvalue weighted by Crippen LogP contribution is -2.42. The highest BCUT2D eigenvalue weighted by Crippen LogP contribution is 2.32. The van der Waals surface area contributed by atoms with Crippen molar-refractivity contribution in [2.24, 2.45) is 5.92 Å². The predicted octanol–water partition coefficient (Wildman–Crippen LogP) is 2.42. The van der Waals surface area contributed by atoms with E-state index in [1.165, 1.54) is 4.90 Å². The van der Waals surface area contributed by atoms with Gasteiger partial charge in [0.05, 0.1) is 6.54 Å². The number of carbonyl (C=O) groups excluding carboxylic acids is 1. The summed E-state index contributed by atoms with van der Waals surface area (Å²) < 4.78 is 47.5. The number of nitrogens with zero attached hydrogens (tertiary/aromatic N) is 1. The molecule has 0 bridgehead atoms. The Morgan fingerprint density at radius 2 is 1.92 bits per heavy atom. The molecule has 0 atom stereocenters. The van der Waals surface area contributed by atoms with E-state index in [1.807, 2.05) is 0 Å². The molecule has 24 heavy (non-hydrogen) atoms. The second-order valence-electron chi connectivity index (χ2n) is 6.11. The van der Waals surface area contributed by atoms with E-state index in [2.05, 4.69) is 5.32 Å². The molecule has 1 saturated heterocycles. The standard InChI is InChI=1S/C16H19F3N2O3/c17-16(18,19)9-21-5-3-11(4-6-21)8-20-15(22)12-1-2-13-14(7-12)24-10-23-13/h1-2,7,11H,3-6,8-10H2,(H,20,22). The van der Waals surface area contributed by atoms with Gasteiger partial charge in [-0.05, 0) is 50.0 Å². The first kappa shape index (κ1) is 16.9. The molecule has 0 radical (unpaired) electrons. The van der Waals surface area contributed by atoms with Crippen LogP contribution in [0.15, 0.2) is 18.2 Å². The van der Waals surface area contributed by atoms with Crippen LogP contribution in [-0.4, -0.2) is 50.0 Å². The zero-order chi connectivity index (χ0) is 17.2. The number of ether oxygens (including phenoxy) is 2. The zero-order valence-corrected chi connectivity index (χ0v) is 13.1. The Labute approximate surface area is 137 Å². The summed E-state index contributed by atoms with van der Waals surface area (Å²) in [6.07, 6.45) is -2.85. The van der Waals surface area contributed by atoms with E-state index in [9.17, 15) is 18.0 Å². The number of hydrogen-bond acceptors (Lipinski definition) is 4. The molecule has 1 fully saturated rings. The van der Waals surface area contributed by atoms with Crippen molar-refractivity contribution in [2.75, 3.05) is 33.0 Å². The lowest BCUT2D eigenvalue weighted by atomic mass is 9.96. The van der Waals surface area contributed by atoms with Gasteiger partial charge in [-0.2, -0.15) is 13.2 Å². The minimum Gasteiger partial charge on any atom is -0.454 e. The van der Waals surface area contributed by atoms with Gasteiger partial charge in [-0.1, -0.05) is 0 Å². The molecule has 8 heteroatoms. The number of hydrogen-bond donors (Lipinski definition) is 1. The molecule has 2 heterocycles. The lowest BCUT2D eigenvalue weighted by Gasteiger charge is -2.32. The maximum Gasteiger partial charge on any atom is 0.401 e. The normalized spacial score (nSPS) is 18.6. The summed E-state index contributed by atoms with van der Waals surface area (Å²) in [5.74, 6) is 1.14. The molecule has 0 aliphatic carbocycles.